The number of methoxy groups -OCH3 is 1. The summed E-state index contributed by atoms with van der Waals surface area (Å²) >= 11 is 18.9. The van der Waals surface area contributed by atoms with Crippen LogP contribution in [0.15, 0.2) is 59.5 Å². The highest BCUT2D eigenvalue weighted by atomic mass is 35.5. The van der Waals surface area contributed by atoms with E-state index in [0.29, 0.717) is 10.6 Å². The summed E-state index contributed by atoms with van der Waals surface area (Å²) in [4.78, 5) is 40.0. The quantitative estimate of drug-likeness (QED) is 0.149. The maximum atomic E-state index is 14.4. The summed E-state index contributed by atoms with van der Waals surface area (Å²) in [5.74, 6) is -1.04. The van der Waals surface area contributed by atoms with Gasteiger partial charge in [0.15, 0.2) is 0 Å². The van der Waals surface area contributed by atoms with Crippen molar-refractivity contribution in [2.75, 3.05) is 18.0 Å². The van der Waals surface area contributed by atoms with Crippen LogP contribution in [0.25, 0.3) is 0 Å². The van der Waals surface area contributed by atoms with Crippen molar-refractivity contribution in [1.82, 2.24) is 10.2 Å². The number of sulfonamides is 1. The summed E-state index contributed by atoms with van der Waals surface area (Å²) in [6, 6.07) is 11.5. The molecule has 2 amide bonds. The predicted molar refractivity (Wildman–Crippen MR) is 182 cm³/mol. The van der Waals surface area contributed by atoms with Gasteiger partial charge in [-0.1, -0.05) is 66.7 Å². The van der Waals surface area contributed by atoms with Crippen molar-refractivity contribution in [1.29, 1.82) is 0 Å². The van der Waals surface area contributed by atoms with Crippen LogP contribution < -0.4 is 14.4 Å². The van der Waals surface area contributed by atoms with Crippen molar-refractivity contribution >= 4 is 68.0 Å². The van der Waals surface area contributed by atoms with Gasteiger partial charge in [-0.05, 0) is 68.1 Å². The summed E-state index contributed by atoms with van der Waals surface area (Å²) in [7, 11) is -3.34. The van der Waals surface area contributed by atoms with E-state index in [1.165, 1.54) is 55.3 Å². The number of hydrogen-bond donors (Lipinski definition) is 1. The van der Waals surface area contributed by atoms with Crippen molar-refractivity contribution < 1.29 is 27.7 Å². The fourth-order valence-electron chi connectivity index (χ4n) is 5.57. The Labute approximate surface area is 288 Å². The lowest BCUT2D eigenvalue weighted by Crippen LogP contribution is -2.53. The van der Waals surface area contributed by atoms with E-state index in [0.717, 1.165) is 36.1 Å². The largest absolute Gasteiger partial charge is 0.495 e. The Balaban J connectivity index is 1.83. The van der Waals surface area contributed by atoms with Gasteiger partial charge >= 0.3 is 0 Å². The smallest absolute Gasteiger partial charge is 0.273 e. The van der Waals surface area contributed by atoms with Crippen LogP contribution >= 0.6 is 34.8 Å². The number of nitro groups is 1. The molecule has 11 nitrogen and oxygen atoms in total. The highest BCUT2D eigenvalue weighted by Gasteiger charge is 2.36. The van der Waals surface area contributed by atoms with E-state index in [1.807, 2.05) is 0 Å². The molecule has 0 bridgehead atoms. The molecule has 0 radical (unpaired) electrons. The number of amides is 2. The Kier molecular flexibility index (Phi) is 12.0. The predicted octanol–water partition coefficient (Wildman–Crippen LogP) is 6.93. The van der Waals surface area contributed by atoms with Gasteiger partial charge in [-0.25, -0.2) is 8.42 Å². The van der Waals surface area contributed by atoms with Gasteiger partial charge in [0.2, 0.25) is 11.8 Å². The number of aryl methyl sites for hydroxylation is 1. The van der Waals surface area contributed by atoms with Gasteiger partial charge in [-0.2, -0.15) is 0 Å². The van der Waals surface area contributed by atoms with E-state index in [-0.39, 0.29) is 52.0 Å². The summed E-state index contributed by atoms with van der Waals surface area (Å²) in [5, 5.41) is 15.5. The minimum atomic E-state index is -4.66. The molecule has 0 spiro atoms. The highest BCUT2D eigenvalue weighted by molar-refractivity contribution is 7.92. The number of carbonyl (C=O) groups is 2. The van der Waals surface area contributed by atoms with Crippen LogP contribution in [0.4, 0.5) is 11.4 Å². The molecule has 0 aromatic heterocycles. The van der Waals surface area contributed by atoms with Gasteiger partial charge in [0, 0.05) is 39.3 Å². The fraction of sp³-hybridized carbons (Fsp3) is 0.375. The molecular weight excluding hydrogens is 691 g/mol. The molecule has 4 rings (SSSR count). The molecule has 1 saturated carbocycles. The molecule has 0 heterocycles. The Morgan fingerprint density at radius 3 is 2.32 bits per heavy atom. The first-order valence-corrected chi connectivity index (χ1v) is 17.5. The third kappa shape index (κ3) is 8.48. The molecule has 1 unspecified atom stereocenters. The van der Waals surface area contributed by atoms with Crippen molar-refractivity contribution in [3.05, 3.63) is 90.9 Å². The molecule has 0 aliphatic heterocycles. The molecule has 0 saturated heterocycles. The first kappa shape index (κ1) is 36.3. The third-order valence-corrected chi connectivity index (χ3v) is 10.7. The average Bonchev–Trinajstić information content (AvgIpc) is 3.53. The number of rotatable bonds is 13. The second-order valence-corrected chi connectivity index (χ2v) is 14.3. The number of nitrogens with zero attached hydrogens (tertiary/aromatic N) is 3. The van der Waals surface area contributed by atoms with Gasteiger partial charge in [0.05, 0.1) is 22.6 Å². The monoisotopic (exact) mass is 724 g/mol. The number of ether oxygens (including phenoxy) is 1. The van der Waals surface area contributed by atoms with E-state index in [1.54, 1.807) is 19.1 Å². The average molecular weight is 726 g/mol. The number of benzene rings is 3. The topological polar surface area (TPSA) is 139 Å². The zero-order valence-electron chi connectivity index (χ0n) is 26.0. The molecule has 47 heavy (non-hydrogen) atoms. The van der Waals surface area contributed by atoms with Crippen LogP contribution in [0, 0.1) is 17.0 Å². The molecular formula is C32H35Cl3N4O7S. The molecule has 1 aliphatic rings. The Bertz CT molecular complexity index is 1770. The summed E-state index contributed by atoms with van der Waals surface area (Å²) in [6.45, 7) is 2.29. The lowest BCUT2D eigenvalue weighted by molar-refractivity contribution is -0.385. The molecule has 3 aromatic carbocycles. The minimum absolute atomic E-state index is 0.0300. The number of carbonyl (C=O) groups excluding carboxylic acids is 2. The lowest BCUT2D eigenvalue weighted by Gasteiger charge is -2.34. The first-order chi connectivity index (χ1) is 22.3. The maximum Gasteiger partial charge on any atom is 0.273 e. The minimum Gasteiger partial charge on any atom is -0.495 e. The third-order valence-electron chi connectivity index (χ3n) is 8.10. The van der Waals surface area contributed by atoms with Gasteiger partial charge in [-0.15, -0.1) is 0 Å². The molecule has 1 atom stereocenters. The van der Waals surface area contributed by atoms with Gasteiger partial charge in [-0.3, -0.25) is 24.0 Å². The van der Waals surface area contributed by atoms with Crippen LogP contribution in [0.1, 0.15) is 50.2 Å². The number of anilines is 1. The number of halogens is 3. The van der Waals surface area contributed by atoms with E-state index in [2.05, 4.69) is 5.32 Å². The molecule has 15 heteroatoms. The van der Waals surface area contributed by atoms with Crippen LogP contribution in [0.2, 0.25) is 15.1 Å². The number of hydrogen-bond acceptors (Lipinski definition) is 7. The Hall–Kier alpha value is -3.58. The van der Waals surface area contributed by atoms with Crippen molar-refractivity contribution in [3.63, 3.8) is 0 Å². The molecule has 252 valence electrons. The van der Waals surface area contributed by atoms with Crippen LogP contribution in [0.3, 0.4) is 0 Å². The SMILES string of the molecule is CCC(C(=O)NC1CCCC1)N(Cc1ccc(Cl)cc1Cl)C(=O)CN(c1cc(Cl)ccc1OC)S(=O)(=O)c1ccc(C)c([N+](=O)[O-])c1. The normalized spacial score (nSPS) is 14.0. The van der Waals surface area contributed by atoms with E-state index >= 15 is 0 Å². The van der Waals surface area contributed by atoms with Crippen LogP contribution in [-0.2, 0) is 26.2 Å². The zero-order chi connectivity index (χ0) is 34.5. The Morgan fingerprint density at radius 2 is 1.70 bits per heavy atom. The van der Waals surface area contributed by atoms with Crippen LogP contribution in [0.5, 0.6) is 5.75 Å². The molecule has 3 aromatic rings. The van der Waals surface area contributed by atoms with E-state index in [9.17, 15) is 28.1 Å². The molecule has 1 fully saturated rings. The second kappa shape index (κ2) is 15.5. The Morgan fingerprint density at radius 1 is 1.04 bits per heavy atom. The number of nitrogens with one attached hydrogen (secondary N) is 1. The first-order valence-electron chi connectivity index (χ1n) is 14.9. The van der Waals surface area contributed by atoms with Gasteiger partial charge in [0.1, 0.15) is 18.3 Å². The number of nitro benzene ring substituents is 1. The van der Waals surface area contributed by atoms with E-state index < -0.39 is 44.0 Å². The highest BCUT2D eigenvalue weighted by Crippen LogP contribution is 2.36. The summed E-state index contributed by atoms with van der Waals surface area (Å²) in [6.07, 6.45) is 3.82. The van der Waals surface area contributed by atoms with Crippen molar-refractivity contribution in [2.45, 2.75) is 69.5 Å². The van der Waals surface area contributed by atoms with Gasteiger partial charge < -0.3 is 15.0 Å². The maximum absolute atomic E-state index is 14.4. The zero-order valence-corrected chi connectivity index (χ0v) is 29.1. The fourth-order valence-corrected chi connectivity index (χ4v) is 7.64. The summed E-state index contributed by atoms with van der Waals surface area (Å²) in [5.41, 5.74) is 0.246. The van der Waals surface area contributed by atoms with Crippen molar-refractivity contribution in [3.8, 4) is 5.75 Å². The van der Waals surface area contributed by atoms with E-state index in [4.69, 9.17) is 39.5 Å². The molecule has 1 N–H and O–H groups in total. The van der Waals surface area contributed by atoms with Gasteiger partial charge in [0.25, 0.3) is 15.7 Å². The van der Waals surface area contributed by atoms with Crippen molar-refractivity contribution in [2.24, 2.45) is 0 Å². The summed E-state index contributed by atoms with van der Waals surface area (Å²) < 4.78 is 34.9. The molecule has 1 aliphatic carbocycles. The second-order valence-electron chi connectivity index (χ2n) is 11.2. The van der Waals surface area contributed by atoms with Crippen LogP contribution in [-0.4, -0.2) is 55.8 Å². The lowest BCUT2D eigenvalue weighted by atomic mass is 10.1. The standard InChI is InChI=1S/C32H35Cl3N4O7S/c1-4-27(32(41)36-24-7-5-6-8-24)37(18-21-10-11-22(33)15-26(21)35)31(40)19-38(29-16-23(34)12-14-30(29)46-3)47(44,45)25-13-9-20(2)28(17-25)39(42)43/h9-17,24,27H,4-8,18-19H2,1-3H3,(H,36,41).